The van der Waals surface area contributed by atoms with E-state index in [0.29, 0.717) is 12.0 Å². The van der Waals surface area contributed by atoms with Crippen LogP contribution in [0.4, 0.5) is 0 Å². The fourth-order valence-electron chi connectivity index (χ4n) is 1.60. The van der Waals surface area contributed by atoms with Gasteiger partial charge >= 0.3 is 5.97 Å². The molecule has 0 radical (unpaired) electrons. The maximum atomic E-state index is 11.1. The van der Waals surface area contributed by atoms with Crippen molar-refractivity contribution in [1.82, 2.24) is 4.98 Å². The summed E-state index contributed by atoms with van der Waals surface area (Å²) in [6.45, 7) is 0. The van der Waals surface area contributed by atoms with E-state index < -0.39 is 5.97 Å². The van der Waals surface area contributed by atoms with E-state index in [1.54, 1.807) is 12.3 Å². The highest BCUT2D eigenvalue weighted by molar-refractivity contribution is 9.10. The topological polar surface area (TPSA) is 50.2 Å². The molecule has 2 rings (SSSR count). The van der Waals surface area contributed by atoms with Crippen LogP contribution in [0.15, 0.2) is 47.1 Å². The number of carboxylic acids is 1. The lowest BCUT2D eigenvalue weighted by Crippen LogP contribution is -2.03. The predicted octanol–water partition coefficient (Wildman–Crippen LogP) is 3.13. The van der Waals surface area contributed by atoms with Crippen LogP contribution in [0.3, 0.4) is 0 Å². The first-order valence-corrected chi connectivity index (χ1v) is 5.88. The van der Waals surface area contributed by atoms with Crippen molar-refractivity contribution in [3.63, 3.8) is 0 Å². The van der Waals surface area contributed by atoms with Gasteiger partial charge in [0, 0.05) is 22.8 Å². The Bertz CT molecular complexity index is 540. The minimum absolute atomic E-state index is 0.310. The van der Waals surface area contributed by atoms with Gasteiger partial charge in [0.05, 0.1) is 5.56 Å². The van der Waals surface area contributed by atoms with Gasteiger partial charge < -0.3 is 5.11 Å². The molecule has 0 aliphatic rings. The molecule has 4 heteroatoms. The third-order valence-corrected chi connectivity index (χ3v) is 2.89. The smallest absolute Gasteiger partial charge is 0.336 e. The molecule has 0 fully saturated rings. The third kappa shape index (κ3) is 2.91. The average molecular weight is 292 g/mol. The Labute approximate surface area is 107 Å². The van der Waals surface area contributed by atoms with Crippen LogP contribution in [0.2, 0.25) is 0 Å². The lowest BCUT2D eigenvalue weighted by atomic mass is 10.0. The van der Waals surface area contributed by atoms with Crippen molar-refractivity contribution in [2.45, 2.75) is 6.42 Å². The maximum absolute atomic E-state index is 11.1. The van der Waals surface area contributed by atoms with E-state index in [2.05, 4.69) is 20.9 Å². The SMILES string of the molecule is O=C(O)c1cc(Br)ccc1Cc1ccccn1. The highest BCUT2D eigenvalue weighted by atomic mass is 79.9. The number of carbonyl (C=O) groups is 1. The van der Waals surface area contributed by atoms with Gasteiger partial charge in [0.2, 0.25) is 0 Å². The highest BCUT2D eigenvalue weighted by Crippen LogP contribution is 2.19. The Morgan fingerprint density at radius 3 is 2.76 bits per heavy atom. The molecule has 86 valence electrons. The van der Waals surface area contributed by atoms with Gasteiger partial charge in [0.1, 0.15) is 0 Å². The molecule has 1 N–H and O–H groups in total. The molecule has 1 aromatic carbocycles. The van der Waals surface area contributed by atoms with Gasteiger partial charge in [0.25, 0.3) is 0 Å². The molecule has 0 atom stereocenters. The molecule has 0 unspecified atom stereocenters. The maximum Gasteiger partial charge on any atom is 0.336 e. The normalized spacial score (nSPS) is 10.2. The summed E-state index contributed by atoms with van der Waals surface area (Å²) in [4.78, 5) is 15.3. The molecule has 0 bridgehead atoms. The minimum atomic E-state index is -0.919. The van der Waals surface area contributed by atoms with Gasteiger partial charge in [0.15, 0.2) is 0 Å². The van der Waals surface area contributed by atoms with Crippen LogP contribution in [0, 0.1) is 0 Å². The monoisotopic (exact) mass is 291 g/mol. The quantitative estimate of drug-likeness (QED) is 0.945. The van der Waals surface area contributed by atoms with Crippen LogP contribution in [0.25, 0.3) is 0 Å². The molecule has 0 amide bonds. The number of benzene rings is 1. The number of aromatic carboxylic acids is 1. The fourth-order valence-corrected chi connectivity index (χ4v) is 1.96. The van der Waals surface area contributed by atoms with Crippen LogP contribution < -0.4 is 0 Å². The van der Waals surface area contributed by atoms with E-state index in [9.17, 15) is 4.79 Å². The van der Waals surface area contributed by atoms with Gasteiger partial charge in [-0.25, -0.2) is 4.79 Å². The Balaban J connectivity index is 2.36. The van der Waals surface area contributed by atoms with Crippen molar-refractivity contribution in [1.29, 1.82) is 0 Å². The van der Waals surface area contributed by atoms with Crippen molar-refractivity contribution in [3.05, 3.63) is 63.9 Å². The largest absolute Gasteiger partial charge is 0.478 e. The number of pyridine rings is 1. The lowest BCUT2D eigenvalue weighted by Gasteiger charge is -2.06. The van der Waals surface area contributed by atoms with Crippen molar-refractivity contribution < 1.29 is 9.90 Å². The zero-order chi connectivity index (χ0) is 12.3. The summed E-state index contributed by atoms with van der Waals surface area (Å²) in [6, 6.07) is 10.9. The molecular formula is C13H10BrNO2. The van der Waals surface area contributed by atoms with E-state index in [1.165, 1.54) is 0 Å². The zero-order valence-electron chi connectivity index (χ0n) is 8.93. The Hall–Kier alpha value is -1.68. The summed E-state index contributed by atoms with van der Waals surface area (Å²) < 4.78 is 0.764. The number of rotatable bonds is 3. The second-order valence-corrected chi connectivity index (χ2v) is 4.52. The third-order valence-electron chi connectivity index (χ3n) is 2.40. The van der Waals surface area contributed by atoms with E-state index in [-0.39, 0.29) is 0 Å². The van der Waals surface area contributed by atoms with Crippen LogP contribution in [-0.2, 0) is 6.42 Å². The fraction of sp³-hybridized carbons (Fsp3) is 0.0769. The summed E-state index contributed by atoms with van der Waals surface area (Å²) in [5.74, 6) is -0.919. The van der Waals surface area contributed by atoms with Crippen LogP contribution >= 0.6 is 15.9 Å². The van der Waals surface area contributed by atoms with Gasteiger partial charge in [-0.1, -0.05) is 28.1 Å². The van der Waals surface area contributed by atoms with Gasteiger partial charge in [-0.3, -0.25) is 4.98 Å². The second-order valence-electron chi connectivity index (χ2n) is 3.60. The summed E-state index contributed by atoms with van der Waals surface area (Å²) >= 11 is 3.27. The van der Waals surface area contributed by atoms with E-state index >= 15 is 0 Å². The molecule has 0 aliphatic carbocycles. The lowest BCUT2D eigenvalue weighted by molar-refractivity contribution is 0.0696. The molecule has 1 heterocycles. The molecule has 0 aliphatic heterocycles. The Morgan fingerprint density at radius 1 is 1.29 bits per heavy atom. The first kappa shape index (κ1) is 11.8. The van der Waals surface area contributed by atoms with Gasteiger partial charge in [-0.15, -0.1) is 0 Å². The number of aromatic nitrogens is 1. The molecular weight excluding hydrogens is 282 g/mol. The van der Waals surface area contributed by atoms with Crippen molar-refractivity contribution >= 4 is 21.9 Å². The summed E-state index contributed by atoms with van der Waals surface area (Å²) in [6.07, 6.45) is 2.23. The first-order chi connectivity index (χ1) is 8.16. The summed E-state index contributed by atoms with van der Waals surface area (Å²) in [5, 5.41) is 9.13. The molecule has 3 nitrogen and oxygen atoms in total. The summed E-state index contributed by atoms with van der Waals surface area (Å²) in [5.41, 5.74) is 1.93. The van der Waals surface area contributed by atoms with Crippen molar-refractivity contribution in [2.75, 3.05) is 0 Å². The Kier molecular flexibility index (Phi) is 3.54. The first-order valence-electron chi connectivity index (χ1n) is 5.08. The molecule has 0 spiro atoms. The van der Waals surface area contributed by atoms with Gasteiger partial charge in [-0.05, 0) is 29.8 Å². The number of hydrogen-bond acceptors (Lipinski definition) is 2. The summed E-state index contributed by atoms with van der Waals surface area (Å²) in [7, 11) is 0. The van der Waals surface area contributed by atoms with Crippen LogP contribution in [0.1, 0.15) is 21.6 Å². The van der Waals surface area contributed by atoms with Crippen molar-refractivity contribution in [2.24, 2.45) is 0 Å². The van der Waals surface area contributed by atoms with E-state index in [4.69, 9.17) is 5.11 Å². The van der Waals surface area contributed by atoms with Crippen LogP contribution in [-0.4, -0.2) is 16.1 Å². The highest BCUT2D eigenvalue weighted by Gasteiger charge is 2.11. The van der Waals surface area contributed by atoms with E-state index in [0.717, 1.165) is 15.7 Å². The number of nitrogens with zero attached hydrogens (tertiary/aromatic N) is 1. The molecule has 1 aromatic heterocycles. The number of hydrogen-bond donors (Lipinski definition) is 1. The standard InChI is InChI=1S/C13H10BrNO2/c14-10-5-4-9(12(8-10)13(16)17)7-11-3-1-2-6-15-11/h1-6,8H,7H2,(H,16,17). The van der Waals surface area contributed by atoms with Crippen LogP contribution in [0.5, 0.6) is 0 Å². The molecule has 0 saturated carbocycles. The molecule has 2 aromatic rings. The number of carboxylic acid groups (broad SMARTS) is 1. The van der Waals surface area contributed by atoms with Gasteiger partial charge in [-0.2, -0.15) is 0 Å². The van der Waals surface area contributed by atoms with Crippen molar-refractivity contribution in [3.8, 4) is 0 Å². The average Bonchev–Trinajstić information content (AvgIpc) is 2.32. The zero-order valence-corrected chi connectivity index (χ0v) is 10.5. The molecule has 17 heavy (non-hydrogen) atoms. The second kappa shape index (κ2) is 5.10. The molecule has 0 saturated heterocycles. The number of halogens is 1. The minimum Gasteiger partial charge on any atom is -0.478 e. The predicted molar refractivity (Wildman–Crippen MR) is 68.1 cm³/mol. The Morgan fingerprint density at radius 2 is 2.12 bits per heavy atom. The van der Waals surface area contributed by atoms with E-state index in [1.807, 2.05) is 30.3 Å².